The number of nitrogen functional groups attached to an aromatic ring is 1. The summed E-state index contributed by atoms with van der Waals surface area (Å²) in [4.78, 5) is 10.8. The smallest absolute Gasteiger partial charge is 0.225 e. The van der Waals surface area contributed by atoms with Crippen molar-refractivity contribution in [2.75, 3.05) is 24.3 Å². The van der Waals surface area contributed by atoms with Crippen molar-refractivity contribution in [1.29, 1.82) is 0 Å². The standard InChI is InChI=1S/C14H24N4O/c1-10(2)9-18(11-6-4-5-7-11)12-8-13(19-3)17-14(15)16-12/h8,10-11H,4-7,9H2,1-3H3,(H2,15,16,17). The molecule has 0 saturated heterocycles. The van der Waals surface area contributed by atoms with E-state index in [1.54, 1.807) is 7.11 Å². The summed E-state index contributed by atoms with van der Waals surface area (Å²) in [6.45, 7) is 5.44. The maximum Gasteiger partial charge on any atom is 0.225 e. The number of hydrogen-bond acceptors (Lipinski definition) is 5. The van der Waals surface area contributed by atoms with Crippen LogP contribution in [0.5, 0.6) is 5.88 Å². The highest BCUT2D eigenvalue weighted by molar-refractivity contribution is 5.46. The summed E-state index contributed by atoms with van der Waals surface area (Å²) in [5.74, 6) is 2.29. The molecule has 19 heavy (non-hydrogen) atoms. The van der Waals surface area contributed by atoms with Gasteiger partial charge in [0, 0.05) is 18.7 Å². The molecule has 0 bridgehead atoms. The van der Waals surface area contributed by atoms with Crippen LogP contribution in [0.4, 0.5) is 11.8 Å². The molecule has 1 saturated carbocycles. The highest BCUT2D eigenvalue weighted by Crippen LogP contribution is 2.29. The first-order valence-electron chi connectivity index (χ1n) is 7.05. The third-order valence-corrected chi connectivity index (χ3v) is 3.54. The van der Waals surface area contributed by atoms with Gasteiger partial charge in [0.1, 0.15) is 5.82 Å². The highest BCUT2D eigenvalue weighted by Gasteiger charge is 2.25. The fourth-order valence-corrected chi connectivity index (χ4v) is 2.72. The second-order valence-corrected chi connectivity index (χ2v) is 5.61. The minimum Gasteiger partial charge on any atom is -0.481 e. The first-order valence-corrected chi connectivity index (χ1v) is 7.05. The molecule has 1 fully saturated rings. The van der Waals surface area contributed by atoms with E-state index in [-0.39, 0.29) is 5.95 Å². The Morgan fingerprint density at radius 3 is 2.63 bits per heavy atom. The van der Waals surface area contributed by atoms with Gasteiger partial charge < -0.3 is 15.4 Å². The van der Waals surface area contributed by atoms with E-state index < -0.39 is 0 Å². The van der Waals surface area contributed by atoms with Crippen molar-refractivity contribution in [3.8, 4) is 5.88 Å². The molecule has 1 heterocycles. The average molecular weight is 264 g/mol. The van der Waals surface area contributed by atoms with Crippen LogP contribution < -0.4 is 15.4 Å². The summed E-state index contributed by atoms with van der Waals surface area (Å²) < 4.78 is 5.20. The van der Waals surface area contributed by atoms with Gasteiger partial charge in [0.25, 0.3) is 0 Å². The van der Waals surface area contributed by atoms with Gasteiger partial charge in [-0.05, 0) is 18.8 Å². The summed E-state index contributed by atoms with van der Waals surface area (Å²) in [5.41, 5.74) is 5.77. The Hall–Kier alpha value is -1.52. The van der Waals surface area contributed by atoms with Crippen molar-refractivity contribution in [1.82, 2.24) is 9.97 Å². The molecule has 106 valence electrons. The van der Waals surface area contributed by atoms with E-state index in [0.717, 1.165) is 12.4 Å². The summed E-state index contributed by atoms with van der Waals surface area (Å²) in [6.07, 6.45) is 5.08. The lowest BCUT2D eigenvalue weighted by molar-refractivity contribution is 0.397. The predicted octanol–water partition coefficient (Wildman–Crippen LogP) is 2.47. The molecule has 1 aliphatic rings. The lowest BCUT2D eigenvalue weighted by atomic mass is 10.1. The van der Waals surface area contributed by atoms with E-state index in [9.17, 15) is 0 Å². The molecule has 5 nitrogen and oxygen atoms in total. The number of nitrogens with zero attached hydrogens (tertiary/aromatic N) is 3. The summed E-state index contributed by atoms with van der Waals surface area (Å²) in [6, 6.07) is 2.46. The molecule has 0 unspecified atom stereocenters. The first-order chi connectivity index (χ1) is 9.10. The first kappa shape index (κ1) is 13.9. The molecule has 0 spiro atoms. The highest BCUT2D eigenvalue weighted by atomic mass is 16.5. The Balaban J connectivity index is 2.28. The van der Waals surface area contributed by atoms with Crippen LogP contribution in [0.1, 0.15) is 39.5 Å². The van der Waals surface area contributed by atoms with E-state index in [4.69, 9.17) is 10.5 Å². The van der Waals surface area contributed by atoms with Crippen LogP contribution in [0.2, 0.25) is 0 Å². The third kappa shape index (κ3) is 3.49. The van der Waals surface area contributed by atoms with E-state index >= 15 is 0 Å². The van der Waals surface area contributed by atoms with E-state index in [1.807, 2.05) is 6.07 Å². The van der Waals surface area contributed by atoms with Crippen LogP contribution >= 0.6 is 0 Å². The van der Waals surface area contributed by atoms with E-state index in [1.165, 1.54) is 25.7 Å². The fraction of sp³-hybridized carbons (Fsp3) is 0.714. The van der Waals surface area contributed by atoms with Crippen molar-refractivity contribution < 1.29 is 4.74 Å². The molecule has 5 heteroatoms. The molecule has 2 N–H and O–H groups in total. The third-order valence-electron chi connectivity index (χ3n) is 3.54. The Kier molecular flexibility index (Phi) is 4.45. The second-order valence-electron chi connectivity index (χ2n) is 5.61. The molecular weight excluding hydrogens is 240 g/mol. The van der Waals surface area contributed by atoms with Crippen molar-refractivity contribution in [3.05, 3.63) is 6.07 Å². The van der Waals surface area contributed by atoms with Gasteiger partial charge in [0.15, 0.2) is 0 Å². The molecular formula is C14H24N4O. The Morgan fingerprint density at radius 2 is 2.05 bits per heavy atom. The number of aromatic nitrogens is 2. The summed E-state index contributed by atoms with van der Waals surface area (Å²) in [7, 11) is 1.61. The quantitative estimate of drug-likeness (QED) is 0.885. The van der Waals surface area contributed by atoms with Crippen molar-refractivity contribution >= 4 is 11.8 Å². The van der Waals surface area contributed by atoms with Gasteiger partial charge in [-0.2, -0.15) is 9.97 Å². The number of ether oxygens (including phenoxy) is 1. The van der Waals surface area contributed by atoms with Gasteiger partial charge in [-0.25, -0.2) is 0 Å². The SMILES string of the molecule is COc1cc(N(CC(C)C)C2CCCC2)nc(N)n1. The van der Waals surface area contributed by atoms with Gasteiger partial charge in [-0.1, -0.05) is 26.7 Å². The van der Waals surface area contributed by atoms with Gasteiger partial charge in [0.05, 0.1) is 7.11 Å². The summed E-state index contributed by atoms with van der Waals surface area (Å²) >= 11 is 0. The fourth-order valence-electron chi connectivity index (χ4n) is 2.72. The van der Waals surface area contributed by atoms with Gasteiger partial charge >= 0.3 is 0 Å². The predicted molar refractivity (Wildman–Crippen MR) is 77.4 cm³/mol. The number of hydrogen-bond donors (Lipinski definition) is 1. The largest absolute Gasteiger partial charge is 0.481 e. The molecule has 0 amide bonds. The summed E-state index contributed by atoms with van der Waals surface area (Å²) in [5, 5.41) is 0. The lowest BCUT2D eigenvalue weighted by Gasteiger charge is -2.31. The minimum atomic E-state index is 0.279. The monoisotopic (exact) mass is 264 g/mol. The molecule has 0 aromatic carbocycles. The van der Waals surface area contributed by atoms with Crippen molar-refractivity contribution in [2.24, 2.45) is 5.92 Å². The van der Waals surface area contributed by atoms with Crippen LogP contribution in [0.3, 0.4) is 0 Å². The van der Waals surface area contributed by atoms with Gasteiger partial charge in [-0.15, -0.1) is 0 Å². The zero-order valence-corrected chi connectivity index (χ0v) is 12.1. The van der Waals surface area contributed by atoms with Crippen LogP contribution in [-0.4, -0.2) is 29.7 Å². The molecule has 0 radical (unpaired) electrons. The minimum absolute atomic E-state index is 0.279. The Bertz CT molecular complexity index is 416. The number of nitrogens with two attached hydrogens (primary N) is 1. The normalized spacial score (nSPS) is 16.0. The zero-order chi connectivity index (χ0) is 13.8. The number of rotatable bonds is 5. The van der Waals surface area contributed by atoms with Crippen molar-refractivity contribution in [2.45, 2.75) is 45.6 Å². The molecule has 1 aliphatic carbocycles. The Labute approximate surface area is 115 Å². The molecule has 2 rings (SSSR count). The molecule has 0 aliphatic heterocycles. The second kappa shape index (κ2) is 6.08. The van der Waals surface area contributed by atoms with Crippen molar-refractivity contribution in [3.63, 3.8) is 0 Å². The van der Waals surface area contributed by atoms with E-state index in [0.29, 0.717) is 17.8 Å². The average Bonchev–Trinajstić information content (AvgIpc) is 2.88. The number of anilines is 2. The van der Waals surface area contributed by atoms with Gasteiger partial charge in [-0.3, -0.25) is 0 Å². The van der Waals surface area contributed by atoms with Crippen LogP contribution in [0.15, 0.2) is 6.07 Å². The van der Waals surface area contributed by atoms with Crippen LogP contribution in [-0.2, 0) is 0 Å². The van der Waals surface area contributed by atoms with Gasteiger partial charge in [0.2, 0.25) is 11.8 Å². The molecule has 1 aromatic rings. The lowest BCUT2D eigenvalue weighted by Crippen LogP contribution is -2.37. The van der Waals surface area contributed by atoms with Crippen LogP contribution in [0.25, 0.3) is 0 Å². The Morgan fingerprint density at radius 1 is 1.37 bits per heavy atom. The zero-order valence-electron chi connectivity index (χ0n) is 12.1. The molecule has 0 atom stereocenters. The number of methoxy groups -OCH3 is 1. The molecule has 1 aromatic heterocycles. The van der Waals surface area contributed by atoms with Crippen LogP contribution in [0, 0.1) is 5.92 Å². The topological polar surface area (TPSA) is 64.3 Å². The van der Waals surface area contributed by atoms with E-state index in [2.05, 4.69) is 28.7 Å². The maximum absolute atomic E-state index is 5.77. The maximum atomic E-state index is 5.77.